The Morgan fingerprint density at radius 1 is 1.09 bits per heavy atom. The van der Waals surface area contributed by atoms with Gasteiger partial charge in [-0.15, -0.1) is 0 Å². The normalized spacial score (nSPS) is 12.2. The number of amides is 2. The molecule has 32 heavy (non-hydrogen) atoms. The van der Waals surface area contributed by atoms with Gasteiger partial charge in [0.2, 0.25) is 0 Å². The molecule has 0 spiro atoms. The lowest BCUT2D eigenvalue weighted by Gasteiger charge is -2.15. The van der Waals surface area contributed by atoms with Crippen LogP contribution in [0.5, 0.6) is 0 Å². The van der Waals surface area contributed by atoms with Crippen molar-refractivity contribution < 1.29 is 14.0 Å². The van der Waals surface area contributed by atoms with E-state index in [0.717, 1.165) is 11.3 Å². The molecule has 166 valence electrons. The number of aromatic nitrogens is 2. The highest BCUT2D eigenvalue weighted by Crippen LogP contribution is 2.14. The lowest BCUT2D eigenvalue weighted by atomic mass is 10.1. The second-order valence-electron chi connectivity index (χ2n) is 6.92. The maximum atomic E-state index is 12.6. The number of hydrazine groups is 1. The minimum atomic E-state index is -0.440. The van der Waals surface area contributed by atoms with E-state index in [9.17, 15) is 9.59 Å². The summed E-state index contributed by atoms with van der Waals surface area (Å²) in [5.74, 6) is 11.5. The number of nitrogens with zero attached hydrogens (tertiary/aromatic N) is 3. The summed E-state index contributed by atoms with van der Waals surface area (Å²) in [7, 11) is 0. The Labute approximate surface area is 184 Å². The van der Waals surface area contributed by atoms with E-state index >= 15 is 0 Å². The SMILES string of the molecule is Cc1ccc(CNC(=O)c2cc(C(=O)NC(C)c3ccc(/C(=N/N)NN)cc3)ncn2)o1. The van der Waals surface area contributed by atoms with Crippen molar-refractivity contribution in [3.63, 3.8) is 0 Å². The molecule has 0 saturated carbocycles. The molecule has 0 saturated heterocycles. The molecule has 1 unspecified atom stereocenters. The molecule has 1 aromatic carbocycles. The van der Waals surface area contributed by atoms with Crippen LogP contribution in [-0.4, -0.2) is 27.6 Å². The maximum absolute atomic E-state index is 12.6. The van der Waals surface area contributed by atoms with E-state index in [0.29, 0.717) is 17.2 Å². The van der Waals surface area contributed by atoms with Crippen LogP contribution in [0.15, 0.2) is 58.3 Å². The molecule has 2 heterocycles. The van der Waals surface area contributed by atoms with Crippen molar-refractivity contribution >= 4 is 17.6 Å². The molecular formula is C21H24N8O3. The monoisotopic (exact) mass is 436 g/mol. The average Bonchev–Trinajstić information content (AvgIpc) is 3.23. The molecule has 3 aromatic rings. The summed E-state index contributed by atoms with van der Waals surface area (Å²) in [6.07, 6.45) is 1.17. The molecule has 2 aromatic heterocycles. The predicted molar refractivity (Wildman–Crippen MR) is 117 cm³/mol. The van der Waals surface area contributed by atoms with E-state index in [1.54, 1.807) is 18.2 Å². The van der Waals surface area contributed by atoms with Gasteiger partial charge in [-0.3, -0.25) is 9.59 Å². The number of benzene rings is 1. The number of furan rings is 1. The number of nitrogens with one attached hydrogen (secondary N) is 3. The van der Waals surface area contributed by atoms with Crippen molar-refractivity contribution in [2.45, 2.75) is 26.4 Å². The van der Waals surface area contributed by atoms with E-state index in [4.69, 9.17) is 16.1 Å². The third-order valence-corrected chi connectivity index (χ3v) is 4.65. The number of hydrazone groups is 1. The van der Waals surface area contributed by atoms with E-state index in [2.05, 4.69) is 31.1 Å². The van der Waals surface area contributed by atoms with Crippen LogP contribution >= 0.6 is 0 Å². The van der Waals surface area contributed by atoms with Crippen molar-refractivity contribution in [1.82, 2.24) is 26.0 Å². The fourth-order valence-corrected chi connectivity index (χ4v) is 2.92. The second kappa shape index (κ2) is 10.2. The van der Waals surface area contributed by atoms with Gasteiger partial charge < -0.3 is 26.3 Å². The van der Waals surface area contributed by atoms with Crippen LogP contribution in [-0.2, 0) is 6.54 Å². The molecule has 0 radical (unpaired) electrons. The number of carbonyl (C=O) groups excluding carboxylic acids is 2. The first kappa shape index (κ1) is 22.4. The van der Waals surface area contributed by atoms with Gasteiger partial charge in [0.25, 0.3) is 11.8 Å². The molecule has 0 aliphatic carbocycles. The van der Waals surface area contributed by atoms with Gasteiger partial charge in [0.1, 0.15) is 29.2 Å². The number of aryl methyl sites for hydroxylation is 1. The highest BCUT2D eigenvalue weighted by Gasteiger charge is 2.16. The van der Waals surface area contributed by atoms with Gasteiger partial charge in [-0.1, -0.05) is 24.3 Å². The van der Waals surface area contributed by atoms with E-state index < -0.39 is 11.8 Å². The molecule has 2 amide bonds. The number of hydrogen-bond donors (Lipinski definition) is 5. The number of amidine groups is 1. The first-order valence-corrected chi connectivity index (χ1v) is 9.72. The number of hydrogen-bond acceptors (Lipinski definition) is 8. The smallest absolute Gasteiger partial charge is 0.270 e. The molecule has 0 bridgehead atoms. The first-order chi connectivity index (χ1) is 15.4. The summed E-state index contributed by atoms with van der Waals surface area (Å²) < 4.78 is 5.42. The Morgan fingerprint density at radius 3 is 2.38 bits per heavy atom. The van der Waals surface area contributed by atoms with Gasteiger partial charge in [-0.2, -0.15) is 5.10 Å². The van der Waals surface area contributed by atoms with Crippen molar-refractivity contribution in [2.75, 3.05) is 0 Å². The maximum Gasteiger partial charge on any atom is 0.270 e. The molecular weight excluding hydrogens is 412 g/mol. The highest BCUT2D eigenvalue weighted by molar-refractivity contribution is 5.98. The van der Waals surface area contributed by atoms with Crippen LogP contribution in [0.1, 0.15) is 56.6 Å². The molecule has 0 aliphatic heterocycles. The van der Waals surface area contributed by atoms with Crippen LogP contribution in [0.3, 0.4) is 0 Å². The Kier molecular flexibility index (Phi) is 7.13. The van der Waals surface area contributed by atoms with Crippen LogP contribution in [0, 0.1) is 6.92 Å². The third-order valence-electron chi connectivity index (χ3n) is 4.65. The summed E-state index contributed by atoms with van der Waals surface area (Å²) in [4.78, 5) is 32.9. The lowest BCUT2D eigenvalue weighted by Crippen LogP contribution is -2.32. The summed E-state index contributed by atoms with van der Waals surface area (Å²) in [6.45, 7) is 3.85. The fraction of sp³-hybridized carbons (Fsp3) is 0.190. The molecule has 3 rings (SSSR count). The zero-order chi connectivity index (χ0) is 23.1. The quantitative estimate of drug-likeness (QED) is 0.157. The Balaban J connectivity index is 1.63. The topological polar surface area (TPSA) is 174 Å². The zero-order valence-corrected chi connectivity index (χ0v) is 17.6. The van der Waals surface area contributed by atoms with E-state index in [1.807, 2.05) is 32.0 Å². The number of carbonyl (C=O) groups is 2. The Bertz CT molecular complexity index is 1120. The van der Waals surface area contributed by atoms with Crippen LogP contribution < -0.4 is 27.7 Å². The molecule has 0 aliphatic rings. The van der Waals surface area contributed by atoms with Gasteiger partial charge in [-0.25, -0.2) is 15.8 Å². The Morgan fingerprint density at radius 2 is 1.78 bits per heavy atom. The standard InChI is InChI=1S/C21H24N8O3/c1-12-3-8-16(32-12)10-24-20(30)17-9-18(26-11-25-17)21(31)27-13(2)14-4-6-15(7-5-14)19(28-22)29-23/h3-9,11,13H,10,22-23H2,1-2H3,(H,24,30)(H,27,31)(H,28,29). The van der Waals surface area contributed by atoms with Gasteiger partial charge >= 0.3 is 0 Å². The van der Waals surface area contributed by atoms with Gasteiger partial charge in [-0.05, 0) is 31.5 Å². The molecule has 7 N–H and O–H groups in total. The van der Waals surface area contributed by atoms with Gasteiger partial charge in [0, 0.05) is 11.6 Å². The lowest BCUT2D eigenvalue weighted by molar-refractivity contribution is 0.0934. The summed E-state index contributed by atoms with van der Waals surface area (Å²) in [6, 6.07) is 11.8. The number of nitrogens with two attached hydrogens (primary N) is 2. The minimum absolute atomic E-state index is 0.0762. The van der Waals surface area contributed by atoms with Crippen LogP contribution in [0.2, 0.25) is 0 Å². The van der Waals surface area contributed by atoms with Crippen molar-refractivity contribution in [3.05, 3.63) is 82.8 Å². The average molecular weight is 436 g/mol. The summed E-state index contributed by atoms with van der Waals surface area (Å²) in [5, 5.41) is 9.09. The van der Waals surface area contributed by atoms with Gasteiger partial charge in [0.15, 0.2) is 5.84 Å². The van der Waals surface area contributed by atoms with Gasteiger partial charge in [0.05, 0.1) is 12.6 Å². The minimum Gasteiger partial charge on any atom is -0.465 e. The summed E-state index contributed by atoms with van der Waals surface area (Å²) in [5.41, 5.74) is 4.11. The zero-order valence-electron chi connectivity index (χ0n) is 17.6. The highest BCUT2D eigenvalue weighted by atomic mass is 16.3. The van der Waals surface area contributed by atoms with Crippen molar-refractivity contribution in [3.8, 4) is 0 Å². The van der Waals surface area contributed by atoms with Crippen LogP contribution in [0.4, 0.5) is 0 Å². The third kappa shape index (κ3) is 5.46. The van der Waals surface area contributed by atoms with E-state index in [1.165, 1.54) is 12.4 Å². The molecule has 1 atom stereocenters. The largest absolute Gasteiger partial charge is 0.465 e. The number of rotatable bonds is 7. The molecule has 11 heteroatoms. The van der Waals surface area contributed by atoms with E-state index in [-0.39, 0.29) is 24.0 Å². The molecule has 0 fully saturated rings. The fourth-order valence-electron chi connectivity index (χ4n) is 2.92. The van der Waals surface area contributed by atoms with Crippen molar-refractivity contribution in [1.29, 1.82) is 0 Å². The van der Waals surface area contributed by atoms with Crippen LogP contribution in [0.25, 0.3) is 0 Å². The second-order valence-corrected chi connectivity index (χ2v) is 6.92. The first-order valence-electron chi connectivity index (χ1n) is 9.72. The predicted octanol–water partition coefficient (Wildman–Crippen LogP) is 0.883. The molecule has 11 nitrogen and oxygen atoms in total. The summed E-state index contributed by atoms with van der Waals surface area (Å²) >= 11 is 0. The Hall–Kier alpha value is -4.25. The van der Waals surface area contributed by atoms with Crippen molar-refractivity contribution in [2.24, 2.45) is 16.8 Å².